The minimum Gasteiger partial charge on any atom is -0.466 e. The molecular formula is C23H23N5O2. The van der Waals surface area contributed by atoms with Crippen LogP contribution >= 0.6 is 0 Å². The molecule has 0 bridgehead atoms. The summed E-state index contributed by atoms with van der Waals surface area (Å²) in [5, 5.41) is 8.24. The Balaban J connectivity index is 1.53. The Hall–Kier alpha value is -3.74. The second-order valence-corrected chi connectivity index (χ2v) is 7.16. The van der Waals surface area contributed by atoms with Crippen molar-refractivity contribution in [3.63, 3.8) is 0 Å². The van der Waals surface area contributed by atoms with Crippen molar-refractivity contribution in [3.8, 4) is 5.88 Å². The predicted molar refractivity (Wildman–Crippen MR) is 114 cm³/mol. The number of nitrogens with zero attached hydrogens (tertiary/aromatic N) is 4. The fraction of sp³-hybridized carbons (Fsp3) is 0.217. The highest BCUT2D eigenvalue weighted by atomic mass is 16.5. The lowest BCUT2D eigenvalue weighted by Gasteiger charge is -2.18. The van der Waals surface area contributed by atoms with Gasteiger partial charge in [-0.1, -0.05) is 36.4 Å². The Morgan fingerprint density at radius 3 is 2.63 bits per heavy atom. The van der Waals surface area contributed by atoms with Crippen molar-refractivity contribution in [1.29, 1.82) is 0 Å². The number of carbonyl (C=O) groups excluding carboxylic acids is 1. The van der Waals surface area contributed by atoms with Crippen molar-refractivity contribution >= 4 is 16.9 Å². The lowest BCUT2D eigenvalue weighted by atomic mass is 10.0. The molecule has 1 unspecified atom stereocenters. The second kappa shape index (κ2) is 8.32. The summed E-state index contributed by atoms with van der Waals surface area (Å²) >= 11 is 0. The van der Waals surface area contributed by atoms with Crippen molar-refractivity contribution in [2.75, 3.05) is 6.61 Å². The number of benzene rings is 1. The van der Waals surface area contributed by atoms with Crippen LogP contribution in [0, 0.1) is 13.8 Å². The van der Waals surface area contributed by atoms with E-state index in [-0.39, 0.29) is 18.6 Å². The zero-order valence-electron chi connectivity index (χ0n) is 17.2. The first-order valence-corrected chi connectivity index (χ1v) is 9.72. The maximum Gasteiger partial charge on any atom is 0.258 e. The Labute approximate surface area is 174 Å². The Morgan fingerprint density at radius 1 is 1.13 bits per heavy atom. The third-order valence-corrected chi connectivity index (χ3v) is 4.85. The van der Waals surface area contributed by atoms with Crippen molar-refractivity contribution in [2.45, 2.75) is 19.9 Å². The first kappa shape index (κ1) is 19.6. The molecule has 4 rings (SSSR count). The number of amides is 1. The predicted octanol–water partition coefficient (Wildman–Crippen LogP) is 3.26. The molecule has 1 atom stereocenters. The average Bonchev–Trinajstić information content (AvgIpc) is 3.07. The fourth-order valence-corrected chi connectivity index (χ4v) is 3.51. The minimum absolute atomic E-state index is 0.157. The molecule has 0 saturated carbocycles. The number of pyridine rings is 2. The number of ether oxygens (including phenoxy) is 1. The molecule has 30 heavy (non-hydrogen) atoms. The van der Waals surface area contributed by atoms with Gasteiger partial charge in [-0.05, 0) is 43.2 Å². The van der Waals surface area contributed by atoms with Gasteiger partial charge >= 0.3 is 0 Å². The molecule has 1 N–H and O–H groups in total. The van der Waals surface area contributed by atoms with Crippen LogP contribution in [0.25, 0.3) is 11.0 Å². The van der Waals surface area contributed by atoms with Crippen LogP contribution in [0.2, 0.25) is 0 Å². The smallest absolute Gasteiger partial charge is 0.258 e. The van der Waals surface area contributed by atoms with E-state index in [1.807, 2.05) is 75.5 Å². The van der Waals surface area contributed by atoms with Gasteiger partial charge in [0, 0.05) is 18.9 Å². The van der Waals surface area contributed by atoms with E-state index in [0.29, 0.717) is 5.88 Å². The van der Waals surface area contributed by atoms with E-state index in [1.54, 1.807) is 10.9 Å². The van der Waals surface area contributed by atoms with Crippen LogP contribution in [-0.2, 0) is 11.8 Å². The number of hydrogen-bond donors (Lipinski definition) is 1. The third-order valence-electron chi connectivity index (χ3n) is 4.85. The Morgan fingerprint density at radius 2 is 1.90 bits per heavy atom. The summed E-state index contributed by atoms with van der Waals surface area (Å²) in [6.07, 6.45) is 1.71. The summed E-state index contributed by atoms with van der Waals surface area (Å²) in [5.41, 5.74) is 4.36. The van der Waals surface area contributed by atoms with E-state index in [9.17, 15) is 4.79 Å². The summed E-state index contributed by atoms with van der Waals surface area (Å²) < 4.78 is 7.46. The maximum atomic E-state index is 12.7. The summed E-state index contributed by atoms with van der Waals surface area (Å²) in [6.45, 7) is 3.77. The normalized spacial score (nSPS) is 12.0. The van der Waals surface area contributed by atoms with Gasteiger partial charge in [0.2, 0.25) is 5.88 Å². The molecule has 0 radical (unpaired) electrons. The van der Waals surface area contributed by atoms with Gasteiger partial charge in [-0.15, -0.1) is 5.10 Å². The van der Waals surface area contributed by atoms with Gasteiger partial charge < -0.3 is 10.1 Å². The minimum atomic E-state index is -0.366. The average molecular weight is 401 g/mol. The molecule has 1 amide bonds. The molecule has 4 aromatic rings. The highest BCUT2D eigenvalue weighted by Gasteiger charge is 2.20. The standard InChI is InChI=1S/C23H23N5O2/c1-15-13-16(2)25-22-20(15)23(27-28(22)3)30-14-19(29)26-21(17-9-5-4-6-10-17)18-11-7-8-12-24-18/h4-13,21H,14H2,1-3H3,(H,26,29). The lowest BCUT2D eigenvalue weighted by Crippen LogP contribution is -2.33. The molecule has 0 aliphatic rings. The van der Waals surface area contributed by atoms with Gasteiger partial charge in [0.15, 0.2) is 12.3 Å². The molecule has 7 nitrogen and oxygen atoms in total. The summed E-state index contributed by atoms with van der Waals surface area (Å²) in [4.78, 5) is 21.7. The van der Waals surface area contributed by atoms with Crippen LogP contribution < -0.4 is 10.1 Å². The van der Waals surface area contributed by atoms with Gasteiger partial charge in [0.25, 0.3) is 5.91 Å². The first-order valence-electron chi connectivity index (χ1n) is 9.72. The Bertz CT molecular complexity index is 1130. The molecule has 152 valence electrons. The molecule has 7 heteroatoms. The van der Waals surface area contributed by atoms with E-state index in [4.69, 9.17) is 4.74 Å². The fourth-order valence-electron chi connectivity index (χ4n) is 3.51. The number of aryl methyl sites for hydroxylation is 3. The molecular weight excluding hydrogens is 378 g/mol. The van der Waals surface area contributed by atoms with Crippen LogP contribution in [0.4, 0.5) is 0 Å². The third kappa shape index (κ3) is 4.00. The number of hydrogen-bond acceptors (Lipinski definition) is 5. The largest absolute Gasteiger partial charge is 0.466 e. The second-order valence-electron chi connectivity index (χ2n) is 7.16. The molecule has 0 aliphatic heterocycles. The van der Waals surface area contributed by atoms with Gasteiger partial charge in [-0.2, -0.15) is 0 Å². The zero-order chi connectivity index (χ0) is 21.1. The van der Waals surface area contributed by atoms with Crippen LogP contribution in [0.15, 0.2) is 60.8 Å². The van der Waals surface area contributed by atoms with Crippen LogP contribution in [0.5, 0.6) is 5.88 Å². The van der Waals surface area contributed by atoms with E-state index in [1.165, 1.54) is 0 Å². The molecule has 3 aromatic heterocycles. The number of fused-ring (bicyclic) bond motifs is 1. The van der Waals surface area contributed by atoms with Gasteiger partial charge in [-0.25, -0.2) is 9.67 Å². The van der Waals surface area contributed by atoms with Crippen LogP contribution in [0.1, 0.15) is 28.6 Å². The maximum absolute atomic E-state index is 12.7. The first-order chi connectivity index (χ1) is 14.5. The zero-order valence-corrected chi connectivity index (χ0v) is 17.2. The number of rotatable bonds is 6. The highest BCUT2D eigenvalue weighted by Crippen LogP contribution is 2.27. The topological polar surface area (TPSA) is 81.9 Å². The van der Waals surface area contributed by atoms with Crippen LogP contribution in [-0.4, -0.2) is 32.3 Å². The quantitative estimate of drug-likeness (QED) is 0.536. The molecule has 0 fully saturated rings. The van der Waals surface area contributed by atoms with Gasteiger partial charge in [-0.3, -0.25) is 9.78 Å². The van der Waals surface area contributed by atoms with E-state index in [0.717, 1.165) is 33.5 Å². The molecule has 1 aromatic carbocycles. The number of aromatic nitrogens is 4. The Kier molecular flexibility index (Phi) is 5.43. The highest BCUT2D eigenvalue weighted by molar-refractivity contribution is 5.86. The van der Waals surface area contributed by atoms with Crippen molar-refractivity contribution in [2.24, 2.45) is 7.05 Å². The summed E-state index contributed by atoms with van der Waals surface area (Å²) in [7, 11) is 1.81. The van der Waals surface area contributed by atoms with Crippen LogP contribution in [0.3, 0.4) is 0 Å². The van der Waals surface area contributed by atoms with Gasteiger partial charge in [0.1, 0.15) is 0 Å². The molecule has 0 aliphatic carbocycles. The number of carbonyl (C=O) groups is 1. The van der Waals surface area contributed by atoms with Crippen molar-refractivity contribution < 1.29 is 9.53 Å². The lowest BCUT2D eigenvalue weighted by molar-refractivity contribution is -0.123. The molecule has 0 spiro atoms. The van der Waals surface area contributed by atoms with Gasteiger partial charge in [0.05, 0.1) is 17.1 Å². The number of nitrogens with one attached hydrogen (secondary N) is 1. The summed E-state index contributed by atoms with van der Waals surface area (Å²) in [5.74, 6) is 0.146. The van der Waals surface area contributed by atoms with E-state index >= 15 is 0 Å². The van der Waals surface area contributed by atoms with Crippen molar-refractivity contribution in [1.82, 2.24) is 25.1 Å². The molecule has 0 saturated heterocycles. The molecule has 3 heterocycles. The SMILES string of the molecule is Cc1cc(C)c2c(OCC(=O)NC(c3ccccc3)c3ccccn3)nn(C)c2n1. The monoisotopic (exact) mass is 401 g/mol. The summed E-state index contributed by atoms with van der Waals surface area (Å²) in [6, 6.07) is 17.0. The van der Waals surface area contributed by atoms with E-state index < -0.39 is 0 Å². The van der Waals surface area contributed by atoms with E-state index in [2.05, 4.69) is 20.4 Å². The van der Waals surface area contributed by atoms with Crippen molar-refractivity contribution in [3.05, 3.63) is 83.3 Å².